The first-order chi connectivity index (χ1) is 14.4. The number of benzene rings is 1. The van der Waals surface area contributed by atoms with E-state index >= 15 is 0 Å². The van der Waals surface area contributed by atoms with E-state index in [-0.39, 0.29) is 6.04 Å². The molecule has 2 aliphatic rings. The van der Waals surface area contributed by atoms with Crippen LogP contribution in [0.2, 0.25) is 0 Å². The van der Waals surface area contributed by atoms with Gasteiger partial charge in [0, 0.05) is 56.4 Å². The number of pyridine rings is 1. The number of hydrogen-bond donors (Lipinski definition) is 0. The average Bonchev–Trinajstić information content (AvgIpc) is 3.01. The molecular weight excluding hydrogens is 368 g/mol. The number of aryl methyl sites for hydroxylation is 1. The summed E-state index contributed by atoms with van der Waals surface area (Å²) < 4.78 is 0. The van der Waals surface area contributed by atoms with Crippen molar-refractivity contribution < 1.29 is 0 Å². The van der Waals surface area contributed by atoms with E-state index in [2.05, 4.69) is 116 Å². The van der Waals surface area contributed by atoms with Crippen LogP contribution in [0.15, 0.2) is 66.5 Å². The number of anilines is 3. The lowest BCUT2D eigenvalue weighted by atomic mass is 9.98. The van der Waals surface area contributed by atoms with E-state index in [1.807, 2.05) is 12.3 Å². The Morgan fingerprint density at radius 3 is 2.63 bits per heavy atom. The first-order valence-electron chi connectivity index (χ1n) is 10.7. The molecular formula is C26H32N4. The number of aromatic nitrogens is 1. The molecule has 2 aromatic rings. The molecule has 1 aromatic heterocycles. The van der Waals surface area contributed by atoms with Crippen molar-refractivity contribution in [3.63, 3.8) is 0 Å². The second kappa shape index (κ2) is 8.02. The Labute approximate surface area is 180 Å². The van der Waals surface area contributed by atoms with Crippen LogP contribution in [0.5, 0.6) is 0 Å². The van der Waals surface area contributed by atoms with Crippen LogP contribution in [0, 0.1) is 12.8 Å². The molecule has 0 fully saturated rings. The molecule has 0 radical (unpaired) electrons. The lowest BCUT2D eigenvalue weighted by molar-refractivity contribution is 0.636. The molecule has 0 bridgehead atoms. The molecule has 4 rings (SSSR count). The number of hydrogen-bond acceptors (Lipinski definition) is 4. The Morgan fingerprint density at radius 2 is 1.90 bits per heavy atom. The van der Waals surface area contributed by atoms with Gasteiger partial charge in [-0.15, -0.1) is 0 Å². The van der Waals surface area contributed by atoms with Gasteiger partial charge >= 0.3 is 0 Å². The van der Waals surface area contributed by atoms with E-state index in [1.165, 1.54) is 28.2 Å². The molecule has 0 saturated carbocycles. The highest BCUT2D eigenvalue weighted by Gasteiger charge is 2.30. The number of likely N-dealkylation sites (N-methyl/N-ethyl adjacent to an activating group) is 1. The van der Waals surface area contributed by atoms with Gasteiger partial charge in [0.15, 0.2) is 0 Å². The summed E-state index contributed by atoms with van der Waals surface area (Å²) in [4.78, 5) is 11.5. The zero-order chi connectivity index (χ0) is 21.4. The number of rotatable bonds is 4. The molecule has 30 heavy (non-hydrogen) atoms. The molecule has 1 aromatic carbocycles. The number of nitrogens with zero attached hydrogens (tertiary/aromatic N) is 4. The van der Waals surface area contributed by atoms with Gasteiger partial charge in [-0.3, -0.25) is 0 Å². The van der Waals surface area contributed by atoms with Gasteiger partial charge in [0.05, 0.1) is 6.04 Å². The van der Waals surface area contributed by atoms with Crippen LogP contribution in [-0.4, -0.2) is 38.2 Å². The maximum atomic E-state index is 4.64. The lowest BCUT2D eigenvalue weighted by Gasteiger charge is -2.32. The topological polar surface area (TPSA) is 22.6 Å². The van der Waals surface area contributed by atoms with E-state index < -0.39 is 0 Å². The maximum absolute atomic E-state index is 4.64. The first kappa shape index (κ1) is 20.3. The summed E-state index contributed by atoms with van der Waals surface area (Å²) in [5, 5.41) is 0. The smallest absolute Gasteiger partial charge is 0.135 e. The Kier molecular flexibility index (Phi) is 5.42. The summed E-state index contributed by atoms with van der Waals surface area (Å²) in [6.45, 7) is 6.60. The van der Waals surface area contributed by atoms with Crippen molar-refractivity contribution in [2.75, 3.05) is 35.8 Å². The molecule has 0 spiro atoms. The van der Waals surface area contributed by atoms with Gasteiger partial charge in [0.25, 0.3) is 0 Å². The molecule has 3 atom stereocenters. The van der Waals surface area contributed by atoms with Crippen molar-refractivity contribution in [2.45, 2.75) is 32.9 Å². The summed E-state index contributed by atoms with van der Waals surface area (Å²) in [7, 11) is 6.34. The standard InChI is InChI=1S/C26H32N4/c1-18-8-7-15-27-26(18)30-19(2)16-21(20(30)3)9-11-23-12-10-22-17-24(28(4)5)13-14-25(22)29(23)6/h7-17,20-21,23H,1-6H3/b11-9-. The van der Waals surface area contributed by atoms with Crippen molar-refractivity contribution in [1.29, 1.82) is 0 Å². The molecule has 156 valence electrons. The highest BCUT2D eigenvalue weighted by atomic mass is 15.2. The highest BCUT2D eigenvalue weighted by molar-refractivity contribution is 5.76. The Hall–Kier alpha value is -3.01. The Bertz CT molecular complexity index is 1020. The van der Waals surface area contributed by atoms with E-state index in [0.29, 0.717) is 12.0 Å². The third-order valence-corrected chi connectivity index (χ3v) is 6.35. The predicted octanol–water partition coefficient (Wildman–Crippen LogP) is 5.27. The third-order valence-electron chi connectivity index (χ3n) is 6.35. The second-order valence-electron chi connectivity index (χ2n) is 8.62. The lowest BCUT2D eigenvalue weighted by Crippen LogP contribution is -2.33. The van der Waals surface area contributed by atoms with Gasteiger partial charge in [0.2, 0.25) is 0 Å². The fraction of sp³-hybridized carbons (Fsp3) is 0.346. The zero-order valence-electron chi connectivity index (χ0n) is 18.9. The van der Waals surface area contributed by atoms with Crippen LogP contribution < -0.4 is 14.7 Å². The molecule has 4 heteroatoms. The van der Waals surface area contributed by atoms with Crippen LogP contribution in [0.3, 0.4) is 0 Å². The number of fused-ring (bicyclic) bond motifs is 1. The Morgan fingerprint density at radius 1 is 1.10 bits per heavy atom. The maximum Gasteiger partial charge on any atom is 0.135 e. The van der Waals surface area contributed by atoms with E-state index in [1.54, 1.807) is 0 Å². The normalized spacial score (nSPS) is 23.1. The summed E-state index contributed by atoms with van der Waals surface area (Å²) in [6.07, 6.45) is 13.5. The minimum absolute atomic E-state index is 0.259. The summed E-state index contributed by atoms with van der Waals surface area (Å²) >= 11 is 0. The molecule has 0 saturated heterocycles. The largest absolute Gasteiger partial charge is 0.378 e. The van der Waals surface area contributed by atoms with E-state index in [9.17, 15) is 0 Å². The highest BCUT2D eigenvalue weighted by Crippen LogP contribution is 2.35. The van der Waals surface area contributed by atoms with Gasteiger partial charge in [0.1, 0.15) is 5.82 Å². The van der Waals surface area contributed by atoms with Gasteiger partial charge in [-0.25, -0.2) is 4.98 Å². The summed E-state index contributed by atoms with van der Waals surface area (Å²) in [5.74, 6) is 1.43. The summed E-state index contributed by atoms with van der Waals surface area (Å²) in [6, 6.07) is 11.4. The van der Waals surface area contributed by atoms with Crippen LogP contribution >= 0.6 is 0 Å². The SMILES string of the molecule is CC1=CC(/C=C\C2C=Cc3cc(N(C)C)ccc3N2C)C(C)N1c1ncccc1C. The van der Waals surface area contributed by atoms with Crippen LogP contribution in [0.1, 0.15) is 25.0 Å². The van der Waals surface area contributed by atoms with Crippen molar-refractivity contribution in [2.24, 2.45) is 5.92 Å². The van der Waals surface area contributed by atoms with E-state index in [0.717, 1.165) is 5.82 Å². The van der Waals surface area contributed by atoms with Crippen molar-refractivity contribution in [3.05, 3.63) is 77.7 Å². The van der Waals surface area contributed by atoms with Gasteiger partial charge in [-0.05, 0) is 56.2 Å². The second-order valence-corrected chi connectivity index (χ2v) is 8.62. The Balaban J connectivity index is 1.52. The van der Waals surface area contributed by atoms with Crippen LogP contribution in [0.4, 0.5) is 17.2 Å². The molecule has 3 unspecified atom stereocenters. The van der Waals surface area contributed by atoms with Crippen LogP contribution in [0.25, 0.3) is 6.08 Å². The molecule has 3 heterocycles. The monoisotopic (exact) mass is 400 g/mol. The first-order valence-corrected chi connectivity index (χ1v) is 10.7. The predicted molar refractivity (Wildman–Crippen MR) is 129 cm³/mol. The van der Waals surface area contributed by atoms with E-state index in [4.69, 9.17) is 0 Å². The van der Waals surface area contributed by atoms with Gasteiger partial charge < -0.3 is 14.7 Å². The molecule has 4 nitrogen and oxygen atoms in total. The zero-order valence-corrected chi connectivity index (χ0v) is 18.9. The molecule has 0 amide bonds. The molecule has 2 aliphatic heterocycles. The quantitative estimate of drug-likeness (QED) is 0.652. The fourth-order valence-corrected chi connectivity index (χ4v) is 4.50. The van der Waals surface area contributed by atoms with Crippen LogP contribution in [-0.2, 0) is 0 Å². The van der Waals surface area contributed by atoms with Gasteiger partial charge in [-0.2, -0.15) is 0 Å². The summed E-state index contributed by atoms with van der Waals surface area (Å²) in [5.41, 5.74) is 6.26. The average molecular weight is 401 g/mol. The number of allylic oxidation sites excluding steroid dienone is 1. The van der Waals surface area contributed by atoms with Crippen molar-refractivity contribution in [1.82, 2.24) is 4.98 Å². The molecule has 0 aliphatic carbocycles. The van der Waals surface area contributed by atoms with Crippen molar-refractivity contribution >= 4 is 23.3 Å². The van der Waals surface area contributed by atoms with Crippen molar-refractivity contribution in [3.8, 4) is 0 Å². The molecule has 0 N–H and O–H groups in total. The third kappa shape index (κ3) is 3.62. The fourth-order valence-electron chi connectivity index (χ4n) is 4.50. The minimum Gasteiger partial charge on any atom is -0.378 e. The van der Waals surface area contributed by atoms with Gasteiger partial charge in [-0.1, -0.05) is 36.4 Å². The minimum atomic E-state index is 0.259.